The Morgan fingerprint density at radius 2 is 1.79 bits per heavy atom. The molecule has 0 aromatic heterocycles. The lowest BCUT2D eigenvalue weighted by atomic mass is 10.1. The van der Waals surface area contributed by atoms with Crippen LogP contribution >= 0.6 is 0 Å². The van der Waals surface area contributed by atoms with Gasteiger partial charge in [0.15, 0.2) is 0 Å². The summed E-state index contributed by atoms with van der Waals surface area (Å²) >= 11 is 0. The zero-order chi connectivity index (χ0) is 13.9. The van der Waals surface area contributed by atoms with E-state index in [-0.39, 0.29) is 0 Å². The van der Waals surface area contributed by atoms with E-state index in [4.69, 9.17) is 4.74 Å². The van der Waals surface area contributed by atoms with E-state index < -0.39 is 0 Å². The number of nitrogens with one attached hydrogen (secondary N) is 2. The van der Waals surface area contributed by atoms with Gasteiger partial charge in [0.05, 0.1) is 0 Å². The summed E-state index contributed by atoms with van der Waals surface area (Å²) in [6.07, 6.45) is 2.31. The summed E-state index contributed by atoms with van der Waals surface area (Å²) in [4.78, 5) is 0. The lowest BCUT2D eigenvalue weighted by molar-refractivity contribution is 0.308. The molecule has 1 atom stereocenters. The van der Waals surface area contributed by atoms with Gasteiger partial charge in [-0.3, -0.25) is 0 Å². The number of benzene rings is 1. The van der Waals surface area contributed by atoms with Crippen molar-refractivity contribution in [1.29, 1.82) is 0 Å². The Morgan fingerprint density at radius 1 is 1.05 bits per heavy atom. The van der Waals surface area contributed by atoms with Gasteiger partial charge in [0.1, 0.15) is 12.4 Å². The summed E-state index contributed by atoms with van der Waals surface area (Å²) < 4.78 is 5.88. The van der Waals surface area contributed by atoms with Crippen molar-refractivity contribution >= 4 is 0 Å². The molecule has 1 aromatic carbocycles. The molecule has 2 N–H and O–H groups in total. The molecule has 3 nitrogen and oxygen atoms in total. The zero-order valence-electron chi connectivity index (χ0n) is 12.5. The van der Waals surface area contributed by atoms with Crippen molar-refractivity contribution in [2.75, 3.05) is 26.2 Å². The van der Waals surface area contributed by atoms with Crippen LogP contribution in [0.4, 0.5) is 0 Å². The van der Waals surface area contributed by atoms with Gasteiger partial charge in [0, 0.05) is 18.2 Å². The second-order valence-electron chi connectivity index (χ2n) is 4.81. The molecule has 1 aromatic rings. The van der Waals surface area contributed by atoms with Gasteiger partial charge in [-0.25, -0.2) is 0 Å². The summed E-state index contributed by atoms with van der Waals surface area (Å²) in [5.74, 6) is 0.997. The molecule has 1 unspecified atom stereocenters. The van der Waals surface area contributed by atoms with Gasteiger partial charge in [-0.05, 0) is 38.9 Å². The fourth-order valence-electron chi connectivity index (χ4n) is 1.98. The van der Waals surface area contributed by atoms with Crippen LogP contribution in [0.3, 0.4) is 0 Å². The van der Waals surface area contributed by atoms with Crippen LogP contribution < -0.4 is 15.4 Å². The van der Waals surface area contributed by atoms with Crippen LogP contribution in [0, 0.1) is 0 Å². The topological polar surface area (TPSA) is 33.3 Å². The van der Waals surface area contributed by atoms with E-state index in [1.54, 1.807) is 0 Å². The van der Waals surface area contributed by atoms with E-state index in [2.05, 4.69) is 49.6 Å². The molecular weight excluding hydrogens is 236 g/mol. The minimum Gasteiger partial charge on any atom is -0.492 e. The third-order valence-corrected chi connectivity index (χ3v) is 3.05. The Morgan fingerprint density at radius 3 is 2.53 bits per heavy atom. The van der Waals surface area contributed by atoms with Gasteiger partial charge in [-0.15, -0.1) is 0 Å². The van der Waals surface area contributed by atoms with E-state index in [9.17, 15) is 0 Å². The smallest absolute Gasteiger partial charge is 0.124 e. The first kappa shape index (κ1) is 16.0. The highest BCUT2D eigenvalue weighted by Crippen LogP contribution is 2.24. The van der Waals surface area contributed by atoms with Gasteiger partial charge >= 0.3 is 0 Å². The first-order valence-electron chi connectivity index (χ1n) is 7.45. The van der Waals surface area contributed by atoms with Crippen LogP contribution in [0.15, 0.2) is 24.3 Å². The highest BCUT2D eigenvalue weighted by Gasteiger charge is 2.09. The number of hydrogen-bond donors (Lipinski definition) is 2. The van der Waals surface area contributed by atoms with Crippen molar-refractivity contribution in [3.05, 3.63) is 29.8 Å². The molecule has 0 fully saturated rings. The van der Waals surface area contributed by atoms with Crippen LogP contribution in [0.1, 0.15) is 45.2 Å². The average Bonchev–Trinajstić information content (AvgIpc) is 2.45. The molecule has 0 radical (unpaired) electrons. The Kier molecular flexibility index (Phi) is 8.26. The van der Waals surface area contributed by atoms with Crippen molar-refractivity contribution in [3.63, 3.8) is 0 Å². The van der Waals surface area contributed by atoms with Gasteiger partial charge < -0.3 is 15.4 Å². The minimum absolute atomic E-state index is 0.333. The lowest BCUT2D eigenvalue weighted by Crippen LogP contribution is -2.23. The predicted octanol–water partition coefficient (Wildman–Crippen LogP) is 3.13. The molecule has 3 heteroatoms. The third kappa shape index (κ3) is 6.08. The Hall–Kier alpha value is -1.06. The molecule has 0 bridgehead atoms. The second kappa shape index (κ2) is 9.82. The van der Waals surface area contributed by atoms with Gasteiger partial charge in [0.25, 0.3) is 0 Å². The Balaban J connectivity index is 2.47. The fourth-order valence-corrected chi connectivity index (χ4v) is 1.98. The molecule has 0 aliphatic carbocycles. The Bertz CT molecular complexity index is 341. The highest BCUT2D eigenvalue weighted by molar-refractivity contribution is 5.35. The van der Waals surface area contributed by atoms with Crippen LogP contribution in [0.5, 0.6) is 5.75 Å². The van der Waals surface area contributed by atoms with Crippen molar-refractivity contribution in [2.45, 2.75) is 39.7 Å². The Labute approximate surface area is 117 Å². The predicted molar refractivity (Wildman–Crippen MR) is 81.8 cm³/mol. The quantitative estimate of drug-likeness (QED) is 0.637. The van der Waals surface area contributed by atoms with Crippen molar-refractivity contribution < 1.29 is 4.74 Å². The molecule has 19 heavy (non-hydrogen) atoms. The van der Waals surface area contributed by atoms with Gasteiger partial charge in [-0.1, -0.05) is 32.0 Å². The van der Waals surface area contributed by atoms with Crippen molar-refractivity contribution in [3.8, 4) is 5.75 Å². The van der Waals surface area contributed by atoms with E-state index in [0.717, 1.165) is 44.8 Å². The normalized spacial score (nSPS) is 12.4. The van der Waals surface area contributed by atoms with Gasteiger partial charge in [0.2, 0.25) is 0 Å². The molecule has 0 aliphatic heterocycles. The maximum absolute atomic E-state index is 5.88. The summed E-state index contributed by atoms with van der Waals surface area (Å²) in [7, 11) is 0. The van der Waals surface area contributed by atoms with E-state index in [1.165, 1.54) is 5.56 Å². The largest absolute Gasteiger partial charge is 0.492 e. The number of para-hydroxylation sites is 1. The number of rotatable bonds is 10. The summed E-state index contributed by atoms with van der Waals surface area (Å²) in [5.41, 5.74) is 1.24. The van der Waals surface area contributed by atoms with E-state index in [1.807, 2.05) is 6.07 Å². The van der Waals surface area contributed by atoms with Gasteiger partial charge in [-0.2, -0.15) is 0 Å². The molecule has 0 aliphatic rings. The van der Waals surface area contributed by atoms with Crippen molar-refractivity contribution in [1.82, 2.24) is 10.6 Å². The number of hydrogen-bond acceptors (Lipinski definition) is 3. The molecule has 0 spiro atoms. The molecule has 0 saturated carbocycles. The van der Waals surface area contributed by atoms with Crippen LogP contribution in [-0.4, -0.2) is 26.2 Å². The standard InChI is InChI=1S/C16H28N2O/c1-4-10-17-12-13-19-16-9-7-6-8-15(16)14(3)18-11-5-2/h6-9,14,17-18H,4-5,10-13H2,1-3H3. The van der Waals surface area contributed by atoms with Crippen LogP contribution in [-0.2, 0) is 0 Å². The monoisotopic (exact) mass is 264 g/mol. The number of ether oxygens (including phenoxy) is 1. The average molecular weight is 264 g/mol. The van der Waals surface area contributed by atoms with Crippen molar-refractivity contribution in [2.24, 2.45) is 0 Å². The van der Waals surface area contributed by atoms with Crippen LogP contribution in [0.2, 0.25) is 0 Å². The maximum atomic E-state index is 5.88. The molecule has 108 valence electrons. The lowest BCUT2D eigenvalue weighted by Gasteiger charge is -2.18. The third-order valence-electron chi connectivity index (χ3n) is 3.05. The van der Waals surface area contributed by atoms with E-state index in [0.29, 0.717) is 6.04 Å². The fraction of sp³-hybridized carbons (Fsp3) is 0.625. The molecule has 0 saturated heterocycles. The highest BCUT2D eigenvalue weighted by atomic mass is 16.5. The first-order chi connectivity index (χ1) is 9.29. The SMILES string of the molecule is CCCNCCOc1ccccc1C(C)NCCC. The molecular formula is C16H28N2O. The van der Waals surface area contributed by atoms with Crippen LogP contribution in [0.25, 0.3) is 0 Å². The minimum atomic E-state index is 0.333. The summed E-state index contributed by atoms with van der Waals surface area (Å²) in [5, 5.41) is 6.85. The molecule has 0 amide bonds. The first-order valence-corrected chi connectivity index (χ1v) is 7.45. The zero-order valence-corrected chi connectivity index (χ0v) is 12.5. The molecule has 1 rings (SSSR count). The van der Waals surface area contributed by atoms with E-state index >= 15 is 0 Å². The molecule has 0 heterocycles. The maximum Gasteiger partial charge on any atom is 0.124 e. The summed E-state index contributed by atoms with van der Waals surface area (Å²) in [6.45, 7) is 10.3. The second-order valence-corrected chi connectivity index (χ2v) is 4.81. The summed E-state index contributed by atoms with van der Waals surface area (Å²) in [6, 6.07) is 8.63.